The molecule has 6 N–H and O–H groups in total. The van der Waals surface area contributed by atoms with E-state index in [1.165, 1.54) is 6.20 Å². The van der Waals surface area contributed by atoms with Crippen LogP contribution < -0.4 is 11.5 Å². The second-order valence-corrected chi connectivity index (χ2v) is 3.56. The van der Waals surface area contributed by atoms with Gasteiger partial charge in [-0.05, 0) is 6.92 Å². The third-order valence-electron chi connectivity index (χ3n) is 2.03. The molecule has 7 heteroatoms. The summed E-state index contributed by atoms with van der Waals surface area (Å²) in [6, 6.07) is -1.66. The van der Waals surface area contributed by atoms with Crippen molar-refractivity contribution in [3.8, 4) is 0 Å². The van der Waals surface area contributed by atoms with E-state index in [1.54, 1.807) is 6.92 Å². The lowest BCUT2D eigenvalue weighted by Crippen LogP contribution is -2.32. The molecular formula is C9H14N4O3. The third-order valence-corrected chi connectivity index (χ3v) is 2.03. The quantitative estimate of drug-likeness (QED) is 0.470. The number of Topliss-reactive ketones (excluding diaryl/α,β-unsaturated/α-hetero) is 1. The second-order valence-electron chi connectivity index (χ2n) is 3.56. The minimum absolute atomic E-state index is 0.0918. The average molecular weight is 226 g/mol. The van der Waals surface area contributed by atoms with Crippen LogP contribution in [0.4, 0.5) is 0 Å². The maximum atomic E-state index is 11.4. The van der Waals surface area contributed by atoms with Crippen molar-refractivity contribution in [2.24, 2.45) is 11.5 Å². The van der Waals surface area contributed by atoms with Crippen LogP contribution in [0.15, 0.2) is 6.20 Å². The standard InChI is InChI=1S/C9H14N4O3/c1-4(10)7(14)8-12-3-5(13-8)2-6(11)9(15)16/h3-4,6H,2,10-11H2,1H3,(H,12,13)(H,15,16)/t4?,6-/m0/s1. The molecule has 0 saturated carbocycles. The molecule has 88 valence electrons. The van der Waals surface area contributed by atoms with E-state index in [1.807, 2.05) is 0 Å². The molecule has 0 radical (unpaired) electrons. The summed E-state index contributed by atoms with van der Waals surface area (Å²) in [7, 11) is 0. The van der Waals surface area contributed by atoms with Crippen LogP contribution >= 0.6 is 0 Å². The van der Waals surface area contributed by atoms with Crippen molar-refractivity contribution in [3.05, 3.63) is 17.7 Å². The number of aromatic nitrogens is 2. The van der Waals surface area contributed by atoms with Crippen LogP contribution in [0.2, 0.25) is 0 Å². The highest BCUT2D eigenvalue weighted by atomic mass is 16.4. The van der Waals surface area contributed by atoms with Gasteiger partial charge in [0.25, 0.3) is 0 Å². The van der Waals surface area contributed by atoms with Crippen molar-refractivity contribution >= 4 is 11.8 Å². The van der Waals surface area contributed by atoms with Crippen molar-refractivity contribution < 1.29 is 14.7 Å². The Morgan fingerprint density at radius 3 is 2.69 bits per heavy atom. The van der Waals surface area contributed by atoms with Gasteiger partial charge in [-0.1, -0.05) is 0 Å². The Hall–Kier alpha value is -1.73. The first-order chi connectivity index (χ1) is 7.41. The highest BCUT2D eigenvalue weighted by Gasteiger charge is 2.17. The lowest BCUT2D eigenvalue weighted by Gasteiger charge is -2.03. The molecule has 1 unspecified atom stereocenters. The van der Waals surface area contributed by atoms with Gasteiger partial charge >= 0.3 is 5.97 Å². The lowest BCUT2D eigenvalue weighted by molar-refractivity contribution is -0.138. The van der Waals surface area contributed by atoms with Gasteiger partial charge in [-0.15, -0.1) is 0 Å². The molecule has 0 aromatic carbocycles. The number of ketones is 1. The zero-order valence-corrected chi connectivity index (χ0v) is 8.80. The van der Waals surface area contributed by atoms with Gasteiger partial charge in [0.1, 0.15) is 6.04 Å². The molecular weight excluding hydrogens is 212 g/mol. The Labute approximate surface area is 91.8 Å². The molecule has 1 aromatic rings. The average Bonchev–Trinajstić information content (AvgIpc) is 2.64. The minimum atomic E-state index is -1.10. The van der Waals surface area contributed by atoms with Crippen molar-refractivity contribution in [1.29, 1.82) is 0 Å². The molecule has 0 aliphatic rings. The Morgan fingerprint density at radius 2 is 2.19 bits per heavy atom. The van der Waals surface area contributed by atoms with Gasteiger partial charge in [0.05, 0.1) is 6.04 Å². The molecule has 0 aliphatic carbocycles. The smallest absolute Gasteiger partial charge is 0.320 e. The molecule has 2 atom stereocenters. The number of aliphatic carboxylic acids is 1. The fraction of sp³-hybridized carbons (Fsp3) is 0.444. The predicted octanol–water partition coefficient (Wildman–Crippen LogP) is -1.11. The number of carbonyl (C=O) groups is 2. The van der Waals surface area contributed by atoms with Crippen LogP contribution in [0, 0.1) is 0 Å². The Balaban J connectivity index is 2.72. The Morgan fingerprint density at radius 1 is 1.56 bits per heavy atom. The number of nitrogens with two attached hydrogens (primary N) is 2. The Bertz CT molecular complexity index is 399. The summed E-state index contributed by atoms with van der Waals surface area (Å²) in [5, 5.41) is 8.60. The minimum Gasteiger partial charge on any atom is -0.480 e. The zero-order chi connectivity index (χ0) is 12.3. The summed E-state index contributed by atoms with van der Waals surface area (Å²) < 4.78 is 0. The topological polar surface area (TPSA) is 135 Å². The van der Waals surface area contributed by atoms with Crippen LogP contribution in [0.5, 0.6) is 0 Å². The Kier molecular flexibility index (Phi) is 3.75. The number of carboxylic acid groups (broad SMARTS) is 1. The van der Waals surface area contributed by atoms with E-state index < -0.39 is 18.1 Å². The maximum absolute atomic E-state index is 11.4. The first kappa shape index (κ1) is 12.3. The van der Waals surface area contributed by atoms with E-state index >= 15 is 0 Å². The number of imidazole rings is 1. The number of nitrogens with zero attached hydrogens (tertiary/aromatic N) is 1. The number of hydrogen-bond acceptors (Lipinski definition) is 5. The number of carboxylic acids is 1. The fourth-order valence-corrected chi connectivity index (χ4v) is 1.13. The monoisotopic (exact) mass is 226 g/mol. The van der Waals surface area contributed by atoms with E-state index in [0.717, 1.165) is 0 Å². The molecule has 16 heavy (non-hydrogen) atoms. The summed E-state index contributed by atoms with van der Waals surface area (Å²) in [4.78, 5) is 28.4. The zero-order valence-electron chi connectivity index (χ0n) is 8.80. The summed E-state index contributed by atoms with van der Waals surface area (Å²) >= 11 is 0. The van der Waals surface area contributed by atoms with E-state index in [-0.39, 0.29) is 18.0 Å². The SMILES string of the molecule is CC(N)C(=O)c1ncc(C[C@H](N)C(=O)O)[nH]1. The first-order valence-corrected chi connectivity index (χ1v) is 4.74. The molecule has 1 aromatic heterocycles. The summed E-state index contributed by atoms with van der Waals surface area (Å²) in [5.74, 6) is -1.30. The van der Waals surface area contributed by atoms with Gasteiger partial charge in [0.15, 0.2) is 5.82 Å². The van der Waals surface area contributed by atoms with Crippen molar-refractivity contribution in [2.75, 3.05) is 0 Å². The van der Waals surface area contributed by atoms with E-state index in [9.17, 15) is 9.59 Å². The fourth-order valence-electron chi connectivity index (χ4n) is 1.13. The summed E-state index contributed by atoms with van der Waals surface area (Å²) in [6.07, 6.45) is 1.48. The molecule has 0 fully saturated rings. The van der Waals surface area contributed by atoms with Gasteiger partial charge in [0.2, 0.25) is 5.78 Å². The molecule has 1 heterocycles. The van der Waals surface area contributed by atoms with Crippen molar-refractivity contribution in [2.45, 2.75) is 25.4 Å². The van der Waals surface area contributed by atoms with Gasteiger partial charge < -0.3 is 21.6 Å². The van der Waals surface area contributed by atoms with Crippen molar-refractivity contribution in [3.63, 3.8) is 0 Å². The number of nitrogens with one attached hydrogen (secondary N) is 1. The number of hydrogen-bond donors (Lipinski definition) is 4. The van der Waals surface area contributed by atoms with E-state index in [4.69, 9.17) is 16.6 Å². The highest BCUT2D eigenvalue weighted by Crippen LogP contribution is 2.02. The molecule has 0 amide bonds. The first-order valence-electron chi connectivity index (χ1n) is 4.74. The number of rotatable bonds is 5. The van der Waals surface area contributed by atoms with Crippen molar-refractivity contribution in [1.82, 2.24) is 9.97 Å². The van der Waals surface area contributed by atoms with E-state index in [0.29, 0.717) is 5.69 Å². The number of H-pyrrole nitrogens is 1. The molecule has 0 aliphatic heterocycles. The van der Waals surface area contributed by atoms with Crippen LogP contribution in [-0.4, -0.2) is 38.9 Å². The summed E-state index contributed by atoms with van der Waals surface area (Å²) in [5.41, 5.74) is 11.2. The summed E-state index contributed by atoms with van der Waals surface area (Å²) in [6.45, 7) is 1.55. The number of aromatic amines is 1. The number of carbonyl (C=O) groups excluding carboxylic acids is 1. The second kappa shape index (κ2) is 4.86. The van der Waals surface area contributed by atoms with Crippen LogP contribution in [0.25, 0.3) is 0 Å². The van der Waals surface area contributed by atoms with Gasteiger partial charge in [-0.3, -0.25) is 9.59 Å². The van der Waals surface area contributed by atoms with Crippen LogP contribution in [0.1, 0.15) is 23.2 Å². The molecule has 7 nitrogen and oxygen atoms in total. The molecule has 0 saturated heterocycles. The lowest BCUT2D eigenvalue weighted by atomic mass is 10.2. The highest BCUT2D eigenvalue weighted by molar-refractivity contribution is 5.96. The van der Waals surface area contributed by atoms with Crippen LogP contribution in [-0.2, 0) is 11.2 Å². The molecule has 0 spiro atoms. The van der Waals surface area contributed by atoms with Gasteiger partial charge in [0, 0.05) is 18.3 Å². The van der Waals surface area contributed by atoms with Crippen LogP contribution in [0.3, 0.4) is 0 Å². The third kappa shape index (κ3) is 2.88. The van der Waals surface area contributed by atoms with E-state index in [2.05, 4.69) is 9.97 Å². The van der Waals surface area contributed by atoms with Gasteiger partial charge in [-0.2, -0.15) is 0 Å². The van der Waals surface area contributed by atoms with Gasteiger partial charge in [-0.25, -0.2) is 4.98 Å². The molecule has 0 bridgehead atoms. The maximum Gasteiger partial charge on any atom is 0.320 e. The normalized spacial score (nSPS) is 14.4. The largest absolute Gasteiger partial charge is 0.480 e. The molecule has 1 rings (SSSR count). The predicted molar refractivity (Wildman–Crippen MR) is 55.9 cm³/mol.